The predicted molar refractivity (Wildman–Crippen MR) is 94.0 cm³/mol. The summed E-state index contributed by atoms with van der Waals surface area (Å²) in [6, 6.07) is 8.03. The number of carbonyl (C=O) groups excluding carboxylic acids is 1. The second-order valence-electron chi connectivity index (χ2n) is 6.16. The third kappa shape index (κ3) is 3.83. The van der Waals surface area contributed by atoms with Gasteiger partial charge in [0, 0.05) is 17.5 Å². The van der Waals surface area contributed by atoms with E-state index in [0.717, 1.165) is 21.8 Å². The Balaban J connectivity index is 1.66. The van der Waals surface area contributed by atoms with Crippen LogP contribution in [0.4, 0.5) is 0 Å². The number of carbonyl (C=O) groups is 1. The van der Waals surface area contributed by atoms with Crippen LogP contribution in [0.3, 0.4) is 0 Å². The first-order chi connectivity index (χ1) is 11.6. The second-order valence-corrected chi connectivity index (χ2v) is 7.22. The fraction of sp³-hybridized carbons (Fsp3) is 0.444. The average molecular weight is 346 g/mol. The maximum atomic E-state index is 12.6. The number of aliphatic hydroxyl groups excluding tert-OH is 1. The normalized spacial score (nSPS) is 21.0. The summed E-state index contributed by atoms with van der Waals surface area (Å²) < 4.78 is 5.49. The minimum Gasteiger partial charge on any atom is -0.394 e. The van der Waals surface area contributed by atoms with Gasteiger partial charge in [-0.25, -0.2) is 4.98 Å². The number of aromatic nitrogens is 1. The third-order valence-electron chi connectivity index (χ3n) is 4.25. The molecule has 1 N–H and O–H groups in total. The summed E-state index contributed by atoms with van der Waals surface area (Å²) >= 11 is 1.63. The van der Waals surface area contributed by atoms with Crippen molar-refractivity contribution in [3.8, 4) is 11.3 Å². The highest BCUT2D eigenvalue weighted by molar-refractivity contribution is 7.09. The smallest absolute Gasteiger partial charge is 0.227 e. The van der Waals surface area contributed by atoms with Gasteiger partial charge in [-0.1, -0.05) is 24.3 Å². The van der Waals surface area contributed by atoms with Crippen LogP contribution in [0.5, 0.6) is 0 Å². The van der Waals surface area contributed by atoms with E-state index in [1.165, 1.54) is 0 Å². The molecule has 2 heterocycles. The highest BCUT2D eigenvalue weighted by atomic mass is 32.1. The topological polar surface area (TPSA) is 62.7 Å². The molecule has 6 heteroatoms. The molecule has 0 radical (unpaired) electrons. The van der Waals surface area contributed by atoms with E-state index in [2.05, 4.69) is 4.98 Å². The molecule has 1 aliphatic rings. The highest BCUT2D eigenvalue weighted by Gasteiger charge is 2.29. The molecule has 5 nitrogen and oxygen atoms in total. The number of hydrogen-bond acceptors (Lipinski definition) is 5. The molecule has 2 unspecified atom stereocenters. The summed E-state index contributed by atoms with van der Waals surface area (Å²) in [6.07, 6.45) is 0.0826. The van der Waals surface area contributed by atoms with E-state index in [-0.39, 0.29) is 24.7 Å². The van der Waals surface area contributed by atoms with Crippen molar-refractivity contribution in [1.82, 2.24) is 9.88 Å². The number of aryl methyl sites for hydroxylation is 1. The van der Waals surface area contributed by atoms with E-state index >= 15 is 0 Å². The fourth-order valence-electron chi connectivity index (χ4n) is 2.84. The van der Waals surface area contributed by atoms with Crippen LogP contribution in [-0.2, 0) is 16.0 Å². The first-order valence-corrected chi connectivity index (χ1v) is 8.98. The van der Waals surface area contributed by atoms with Crippen molar-refractivity contribution in [2.75, 3.05) is 19.8 Å². The Morgan fingerprint density at radius 3 is 2.79 bits per heavy atom. The van der Waals surface area contributed by atoms with Crippen LogP contribution in [0.15, 0.2) is 29.6 Å². The first kappa shape index (κ1) is 17.1. The van der Waals surface area contributed by atoms with E-state index in [0.29, 0.717) is 19.6 Å². The highest BCUT2D eigenvalue weighted by Crippen LogP contribution is 2.22. The first-order valence-electron chi connectivity index (χ1n) is 8.10. The zero-order chi connectivity index (χ0) is 17.1. The Morgan fingerprint density at radius 2 is 2.17 bits per heavy atom. The number of thiazole rings is 1. The fourth-order valence-corrected chi connectivity index (χ4v) is 3.46. The molecule has 1 aliphatic heterocycles. The maximum Gasteiger partial charge on any atom is 0.227 e. The Morgan fingerprint density at radius 1 is 1.42 bits per heavy atom. The van der Waals surface area contributed by atoms with Crippen molar-refractivity contribution in [1.29, 1.82) is 0 Å². The van der Waals surface area contributed by atoms with Crippen molar-refractivity contribution in [2.45, 2.75) is 32.4 Å². The maximum absolute atomic E-state index is 12.6. The molecule has 24 heavy (non-hydrogen) atoms. The Labute approximate surface area is 145 Å². The van der Waals surface area contributed by atoms with Crippen molar-refractivity contribution < 1.29 is 14.6 Å². The molecule has 128 valence electrons. The zero-order valence-corrected chi connectivity index (χ0v) is 14.8. The number of rotatable bonds is 4. The number of ether oxygens (including phenoxy) is 1. The Kier molecular flexibility index (Phi) is 5.28. The molecule has 3 rings (SSSR count). The lowest BCUT2D eigenvalue weighted by atomic mass is 10.1. The Bertz CT molecular complexity index is 699. The van der Waals surface area contributed by atoms with Crippen LogP contribution in [0.2, 0.25) is 0 Å². The summed E-state index contributed by atoms with van der Waals surface area (Å²) in [5.74, 6) is 0.0708. The summed E-state index contributed by atoms with van der Waals surface area (Å²) in [7, 11) is 0. The van der Waals surface area contributed by atoms with E-state index in [4.69, 9.17) is 4.74 Å². The van der Waals surface area contributed by atoms with Crippen LogP contribution in [-0.4, -0.2) is 52.8 Å². The SMILES string of the molecule is Cc1nc(-c2ccc(CC(=O)N3CC(CO)OCC3C)cc2)cs1. The minimum atomic E-state index is -0.277. The molecule has 1 aromatic carbocycles. The summed E-state index contributed by atoms with van der Waals surface area (Å²) in [4.78, 5) is 18.9. The molecule has 0 aliphatic carbocycles. The lowest BCUT2D eigenvalue weighted by Crippen LogP contribution is -2.52. The molecule has 1 fully saturated rings. The van der Waals surface area contributed by atoms with Crippen LogP contribution in [0, 0.1) is 6.92 Å². The number of nitrogens with zero attached hydrogens (tertiary/aromatic N) is 2. The van der Waals surface area contributed by atoms with Gasteiger partial charge in [0.25, 0.3) is 0 Å². The number of morpholine rings is 1. The molecular weight excluding hydrogens is 324 g/mol. The van der Waals surface area contributed by atoms with Gasteiger partial charge in [0.2, 0.25) is 5.91 Å². The molecule has 0 saturated carbocycles. The minimum absolute atomic E-state index is 0.0394. The van der Waals surface area contributed by atoms with Gasteiger partial charge in [-0.05, 0) is 19.4 Å². The summed E-state index contributed by atoms with van der Waals surface area (Å²) in [5, 5.41) is 12.3. The van der Waals surface area contributed by atoms with Gasteiger partial charge in [0.1, 0.15) is 0 Å². The average Bonchev–Trinajstić information content (AvgIpc) is 3.02. The monoisotopic (exact) mass is 346 g/mol. The van der Waals surface area contributed by atoms with Gasteiger partial charge in [0.05, 0.1) is 42.5 Å². The largest absolute Gasteiger partial charge is 0.394 e. The third-order valence-corrected chi connectivity index (χ3v) is 5.03. The lowest BCUT2D eigenvalue weighted by Gasteiger charge is -2.37. The number of amides is 1. The van der Waals surface area contributed by atoms with E-state index < -0.39 is 0 Å². The standard InChI is InChI=1S/C18H22N2O3S/c1-12-10-23-16(9-21)8-20(12)18(22)7-14-3-5-15(6-4-14)17-11-24-13(2)19-17/h3-6,11-12,16,21H,7-10H2,1-2H3. The predicted octanol–water partition coefficient (Wildman–Crippen LogP) is 2.27. The molecule has 2 aromatic rings. The van der Waals surface area contributed by atoms with E-state index in [9.17, 15) is 9.90 Å². The molecule has 2 atom stereocenters. The second kappa shape index (κ2) is 7.42. The van der Waals surface area contributed by atoms with Gasteiger partial charge in [-0.15, -0.1) is 11.3 Å². The van der Waals surface area contributed by atoms with Gasteiger partial charge >= 0.3 is 0 Å². The van der Waals surface area contributed by atoms with Gasteiger partial charge in [-0.2, -0.15) is 0 Å². The summed E-state index contributed by atoms with van der Waals surface area (Å²) in [6.45, 7) is 4.83. The molecule has 0 spiro atoms. The van der Waals surface area contributed by atoms with Gasteiger partial charge in [0.15, 0.2) is 0 Å². The molecular formula is C18H22N2O3S. The van der Waals surface area contributed by atoms with Crippen molar-refractivity contribution in [3.63, 3.8) is 0 Å². The van der Waals surface area contributed by atoms with E-state index in [1.54, 1.807) is 11.3 Å². The number of benzene rings is 1. The van der Waals surface area contributed by atoms with E-state index in [1.807, 2.05) is 48.4 Å². The Hall–Kier alpha value is -1.76. The quantitative estimate of drug-likeness (QED) is 0.922. The van der Waals surface area contributed by atoms with Crippen molar-refractivity contribution in [2.24, 2.45) is 0 Å². The van der Waals surface area contributed by atoms with Crippen LogP contribution >= 0.6 is 11.3 Å². The number of aliphatic hydroxyl groups is 1. The molecule has 1 saturated heterocycles. The van der Waals surface area contributed by atoms with Crippen LogP contribution in [0.1, 0.15) is 17.5 Å². The van der Waals surface area contributed by atoms with Crippen molar-refractivity contribution in [3.05, 3.63) is 40.2 Å². The van der Waals surface area contributed by atoms with Gasteiger partial charge < -0.3 is 14.7 Å². The lowest BCUT2D eigenvalue weighted by molar-refractivity contribution is -0.145. The zero-order valence-electron chi connectivity index (χ0n) is 13.9. The molecule has 1 amide bonds. The van der Waals surface area contributed by atoms with Crippen LogP contribution in [0.25, 0.3) is 11.3 Å². The summed E-state index contributed by atoms with van der Waals surface area (Å²) in [5.41, 5.74) is 3.02. The number of hydrogen-bond donors (Lipinski definition) is 1. The molecule has 1 aromatic heterocycles. The van der Waals surface area contributed by atoms with Crippen molar-refractivity contribution >= 4 is 17.2 Å². The molecule has 0 bridgehead atoms. The van der Waals surface area contributed by atoms with Crippen LogP contribution < -0.4 is 0 Å². The van der Waals surface area contributed by atoms with Gasteiger partial charge in [-0.3, -0.25) is 4.79 Å².